The van der Waals surface area contributed by atoms with Crippen LogP contribution >= 0.6 is 25.3 Å². The number of rotatable bonds is 8. The van der Waals surface area contributed by atoms with Gasteiger partial charge in [-0.2, -0.15) is 25.3 Å². The van der Waals surface area contributed by atoms with Crippen molar-refractivity contribution >= 4 is 43.0 Å². The molecular formula is C10H19N3O3S2. The fraction of sp³-hybridized carbons (Fsp3) is 0.700. The van der Waals surface area contributed by atoms with Crippen LogP contribution in [0.15, 0.2) is 0 Å². The van der Waals surface area contributed by atoms with Crippen molar-refractivity contribution in [1.29, 1.82) is 0 Å². The summed E-state index contributed by atoms with van der Waals surface area (Å²) in [5.74, 6) is -0.207. The number of hydrogen-bond donors (Lipinski definition) is 4. The fourth-order valence-corrected chi connectivity index (χ4v) is 1.42. The van der Waals surface area contributed by atoms with Gasteiger partial charge in [-0.3, -0.25) is 14.4 Å². The zero-order chi connectivity index (χ0) is 14.0. The van der Waals surface area contributed by atoms with Crippen LogP contribution in [0.2, 0.25) is 0 Å². The number of carbonyl (C=O) groups is 3. The lowest BCUT2D eigenvalue weighted by Crippen LogP contribution is -2.42. The smallest absolute Gasteiger partial charge is 0.229 e. The first-order chi connectivity index (χ1) is 8.51. The van der Waals surface area contributed by atoms with Crippen LogP contribution in [0.1, 0.15) is 6.92 Å². The Morgan fingerprint density at radius 3 is 1.61 bits per heavy atom. The number of carbonyl (C=O) groups excluding carboxylic acids is 3. The first-order valence-electron chi connectivity index (χ1n) is 5.52. The first-order valence-corrected chi connectivity index (χ1v) is 6.78. The minimum Gasteiger partial charge on any atom is -0.354 e. The second kappa shape index (κ2) is 10.1. The van der Waals surface area contributed by atoms with Crippen molar-refractivity contribution in [2.75, 3.05) is 37.7 Å². The molecule has 18 heavy (non-hydrogen) atoms. The molecule has 3 amide bonds. The zero-order valence-electron chi connectivity index (χ0n) is 10.3. The average Bonchev–Trinajstić information content (AvgIpc) is 2.35. The van der Waals surface area contributed by atoms with Crippen LogP contribution in [-0.2, 0) is 14.4 Å². The molecule has 0 aromatic heterocycles. The van der Waals surface area contributed by atoms with E-state index in [1.807, 2.05) is 0 Å². The third kappa shape index (κ3) is 8.24. The molecule has 0 radical (unpaired) electrons. The van der Waals surface area contributed by atoms with Gasteiger partial charge in [-0.25, -0.2) is 0 Å². The van der Waals surface area contributed by atoms with Gasteiger partial charge in [-0.15, -0.1) is 0 Å². The molecule has 0 fully saturated rings. The molecule has 6 nitrogen and oxygen atoms in total. The lowest BCUT2D eigenvalue weighted by molar-refractivity contribution is -0.129. The Kier molecular flexibility index (Phi) is 9.57. The molecule has 0 spiro atoms. The van der Waals surface area contributed by atoms with Gasteiger partial charge in [-0.1, -0.05) is 0 Å². The van der Waals surface area contributed by atoms with E-state index in [0.29, 0.717) is 26.2 Å². The van der Waals surface area contributed by atoms with Gasteiger partial charge in [0.25, 0.3) is 0 Å². The maximum atomic E-state index is 11.3. The molecule has 0 saturated heterocycles. The van der Waals surface area contributed by atoms with Crippen LogP contribution in [0, 0.1) is 0 Å². The van der Waals surface area contributed by atoms with E-state index in [1.165, 1.54) is 6.92 Å². The summed E-state index contributed by atoms with van der Waals surface area (Å²) in [6.07, 6.45) is 0. The summed E-state index contributed by atoms with van der Waals surface area (Å²) in [4.78, 5) is 34.8. The van der Waals surface area contributed by atoms with Gasteiger partial charge in [0.15, 0.2) is 0 Å². The maximum absolute atomic E-state index is 11.3. The zero-order valence-corrected chi connectivity index (χ0v) is 12.1. The standard InChI is InChI=1S/C10H19N3O3S2/c1-8(14)13(4-2-11-9(15)6-17)5-3-12-10(16)7-18/h17-18H,2-7H2,1H3,(H,11,15)(H,12,16). The Morgan fingerprint density at radius 1 is 0.944 bits per heavy atom. The van der Waals surface area contributed by atoms with Gasteiger partial charge in [0.05, 0.1) is 11.5 Å². The van der Waals surface area contributed by atoms with Crippen molar-refractivity contribution in [3.05, 3.63) is 0 Å². The summed E-state index contributed by atoms with van der Waals surface area (Å²) in [7, 11) is 0. The predicted octanol–water partition coefficient (Wildman–Crippen LogP) is -1.07. The Balaban J connectivity index is 3.89. The summed E-state index contributed by atoms with van der Waals surface area (Å²) in [5.41, 5.74) is 0. The highest BCUT2D eigenvalue weighted by Gasteiger charge is 2.09. The molecule has 0 heterocycles. The molecule has 0 atom stereocenters. The van der Waals surface area contributed by atoms with Crippen LogP contribution in [0.5, 0.6) is 0 Å². The maximum Gasteiger partial charge on any atom is 0.229 e. The fourth-order valence-electron chi connectivity index (χ4n) is 1.20. The summed E-state index contributed by atoms with van der Waals surface area (Å²) in [6, 6.07) is 0. The third-order valence-corrected chi connectivity index (χ3v) is 2.71. The molecule has 0 rings (SSSR count). The summed E-state index contributed by atoms with van der Waals surface area (Å²) >= 11 is 7.65. The van der Waals surface area contributed by atoms with Crippen LogP contribution in [-0.4, -0.2) is 60.3 Å². The van der Waals surface area contributed by atoms with Gasteiger partial charge in [0.1, 0.15) is 0 Å². The number of nitrogens with one attached hydrogen (secondary N) is 2. The Hall–Kier alpha value is -0.890. The molecule has 0 aliphatic rings. The van der Waals surface area contributed by atoms with Crippen molar-refractivity contribution in [2.45, 2.75) is 6.92 Å². The van der Waals surface area contributed by atoms with E-state index in [0.717, 1.165) is 0 Å². The van der Waals surface area contributed by atoms with Crippen molar-refractivity contribution < 1.29 is 14.4 Å². The molecule has 0 aliphatic carbocycles. The van der Waals surface area contributed by atoms with Crippen LogP contribution in [0.4, 0.5) is 0 Å². The summed E-state index contributed by atoms with van der Waals surface area (Å²) < 4.78 is 0. The van der Waals surface area contributed by atoms with Gasteiger partial charge in [0.2, 0.25) is 17.7 Å². The molecule has 8 heteroatoms. The van der Waals surface area contributed by atoms with E-state index in [1.54, 1.807) is 4.90 Å². The van der Waals surface area contributed by atoms with Crippen molar-refractivity contribution in [3.8, 4) is 0 Å². The largest absolute Gasteiger partial charge is 0.354 e. The minimum atomic E-state index is -0.176. The van der Waals surface area contributed by atoms with Gasteiger partial charge >= 0.3 is 0 Å². The van der Waals surface area contributed by atoms with Crippen molar-refractivity contribution in [1.82, 2.24) is 15.5 Å². The monoisotopic (exact) mass is 293 g/mol. The number of nitrogens with zero attached hydrogens (tertiary/aromatic N) is 1. The summed E-state index contributed by atoms with van der Waals surface area (Å²) in [5, 5.41) is 5.24. The van der Waals surface area contributed by atoms with E-state index < -0.39 is 0 Å². The lowest BCUT2D eigenvalue weighted by Gasteiger charge is -2.21. The SMILES string of the molecule is CC(=O)N(CCNC(=O)CS)CCNC(=O)CS. The van der Waals surface area contributed by atoms with E-state index in [4.69, 9.17) is 0 Å². The molecule has 2 N–H and O–H groups in total. The third-order valence-electron chi connectivity index (χ3n) is 2.14. The Morgan fingerprint density at radius 2 is 1.33 bits per heavy atom. The molecule has 0 aromatic rings. The van der Waals surface area contributed by atoms with E-state index in [2.05, 4.69) is 35.9 Å². The Bertz CT molecular complexity index is 278. The second-order valence-corrected chi connectivity index (χ2v) is 4.15. The van der Waals surface area contributed by atoms with E-state index in [-0.39, 0.29) is 29.2 Å². The van der Waals surface area contributed by atoms with Gasteiger partial charge < -0.3 is 15.5 Å². The Labute approximate surface area is 118 Å². The topological polar surface area (TPSA) is 78.5 Å². The summed E-state index contributed by atoms with van der Waals surface area (Å²) in [6.45, 7) is 3.01. The highest BCUT2D eigenvalue weighted by Crippen LogP contribution is 1.88. The van der Waals surface area contributed by atoms with Crippen molar-refractivity contribution in [2.24, 2.45) is 0 Å². The molecule has 0 aromatic carbocycles. The molecule has 0 bridgehead atoms. The van der Waals surface area contributed by atoms with Crippen LogP contribution < -0.4 is 10.6 Å². The average molecular weight is 293 g/mol. The van der Waals surface area contributed by atoms with Gasteiger partial charge in [-0.05, 0) is 0 Å². The normalized spacial score (nSPS) is 9.72. The molecule has 0 saturated carbocycles. The lowest BCUT2D eigenvalue weighted by atomic mass is 10.4. The van der Waals surface area contributed by atoms with E-state index in [9.17, 15) is 14.4 Å². The highest BCUT2D eigenvalue weighted by atomic mass is 32.1. The molecule has 0 unspecified atom stereocenters. The number of amides is 3. The molecular weight excluding hydrogens is 274 g/mol. The van der Waals surface area contributed by atoms with Crippen LogP contribution in [0.25, 0.3) is 0 Å². The molecule has 0 aliphatic heterocycles. The van der Waals surface area contributed by atoms with E-state index >= 15 is 0 Å². The first kappa shape index (κ1) is 17.1. The van der Waals surface area contributed by atoms with Crippen molar-refractivity contribution in [3.63, 3.8) is 0 Å². The number of thiol groups is 2. The highest BCUT2D eigenvalue weighted by molar-refractivity contribution is 7.81. The quantitative estimate of drug-likeness (QED) is 0.430. The van der Waals surface area contributed by atoms with Gasteiger partial charge in [0, 0.05) is 33.1 Å². The second-order valence-electron chi connectivity index (χ2n) is 3.52. The van der Waals surface area contributed by atoms with Crippen LogP contribution in [0.3, 0.4) is 0 Å². The molecule has 104 valence electrons. The predicted molar refractivity (Wildman–Crippen MR) is 76.0 cm³/mol. The number of hydrogen-bond acceptors (Lipinski definition) is 5. The minimum absolute atomic E-state index is 0.102.